The molecule has 2 atom stereocenters. The maximum atomic E-state index is 11.8. The second kappa shape index (κ2) is 5.14. The quantitative estimate of drug-likeness (QED) is 0.704. The fourth-order valence-electron chi connectivity index (χ4n) is 1.29. The topological polar surface area (TPSA) is 38.7 Å². The minimum Gasteiger partial charge on any atom is -0.456 e. The van der Waals surface area contributed by atoms with Crippen molar-refractivity contribution in [3.8, 4) is 0 Å². The molecule has 0 aromatic rings. The van der Waals surface area contributed by atoms with Crippen molar-refractivity contribution >= 4 is 12.2 Å². The van der Waals surface area contributed by atoms with Gasteiger partial charge < -0.3 is 4.74 Å². The Labute approximate surface area is 91.0 Å². The van der Waals surface area contributed by atoms with Gasteiger partial charge in [-0.1, -0.05) is 13.0 Å². The number of allylic oxidation sites excluding steroid dienone is 1. The summed E-state index contributed by atoms with van der Waals surface area (Å²) in [5, 5.41) is 0. The lowest BCUT2D eigenvalue weighted by Gasteiger charge is -2.19. The number of rotatable bonds is 3. The molecule has 0 N–H and O–H groups in total. The monoisotopic (exact) mass is 235 g/mol. The number of hydrogen-bond acceptors (Lipinski definition) is 3. The molecule has 0 spiro atoms. The van der Waals surface area contributed by atoms with Crippen LogP contribution in [0.15, 0.2) is 17.3 Å². The third-order valence-corrected chi connectivity index (χ3v) is 2.27. The van der Waals surface area contributed by atoms with Crippen molar-refractivity contribution in [3.05, 3.63) is 12.3 Å². The van der Waals surface area contributed by atoms with E-state index in [2.05, 4.69) is 9.73 Å². The summed E-state index contributed by atoms with van der Waals surface area (Å²) in [5.74, 6) is -1.65. The number of ether oxygens (including phenoxy) is 1. The van der Waals surface area contributed by atoms with Crippen LogP contribution < -0.4 is 0 Å². The number of halogens is 3. The fraction of sp³-hybridized carbons (Fsp3) is 0.600. The van der Waals surface area contributed by atoms with Gasteiger partial charge in [-0.25, -0.2) is 0 Å². The summed E-state index contributed by atoms with van der Waals surface area (Å²) in [4.78, 5) is 15.1. The Kier molecular flexibility index (Phi) is 4.09. The van der Waals surface area contributed by atoms with Crippen LogP contribution in [0, 0.1) is 11.8 Å². The molecule has 0 radical (unpaired) electrons. The number of alkyl halides is 3. The van der Waals surface area contributed by atoms with Crippen molar-refractivity contribution in [2.24, 2.45) is 16.8 Å². The number of carbonyl (C=O) groups is 1. The lowest BCUT2D eigenvalue weighted by atomic mass is 9.91. The Hall–Kier alpha value is -1.33. The summed E-state index contributed by atoms with van der Waals surface area (Å²) < 4.78 is 39.6. The van der Waals surface area contributed by atoms with Crippen LogP contribution in [0.3, 0.4) is 0 Å². The summed E-state index contributed by atoms with van der Waals surface area (Å²) in [7, 11) is 0. The summed E-state index contributed by atoms with van der Waals surface area (Å²) in [6.07, 6.45) is 1.02. The summed E-state index contributed by atoms with van der Waals surface area (Å²) >= 11 is 0. The van der Waals surface area contributed by atoms with Gasteiger partial charge in [0.2, 0.25) is 0 Å². The average molecular weight is 235 g/mol. The van der Waals surface area contributed by atoms with E-state index >= 15 is 0 Å². The molecule has 0 saturated carbocycles. The van der Waals surface area contributed by atoms with Gasteiger partial charge in [-0.2, -0.15) is 13.2 Å². The molecule has 0 bridgehead atoms. The van der Waals surface area contributed by atoms with Gasteiger partial charge in [0.05, 0.1) is 5.92 Å². The Balaban J connectivity index is 2.42. The van der Waals surface area contributed by atoms with E-state index < -0.39 is 24.7 Å². The largest absolute Gasteiger partial charge is 0.456 e. The zero-order valence-electron chi connectivity index (χ0n) is 8.70. The lowest BCUT2D eigenvalue weighted by Crippen LogP contribution is -2.28. The Morgan fingerprint density at radius 3 is 2.81 bits per heavy atom. The van der Waals surface area contributed by atoms with E-state index in [1.54, 1.807) is 18.5 Å². The molecule has 2 unspecified atom stereocenters. The summed E-state index contributed by atoms with van der Waals surface area (Å²) in [5.41, 5.74) is 0. The Morgan fingerprint density at radius 2 is 2.31 bits per heavy atom. The van der Waals surface area contributed by atoms with E-state index in [1.807, 2.05) is 0 Å². The second-order valence-electron chi connectivity index (χ2n) is 3.59. The molecule has 16 heavy (non-hydrogen) atoms. The molecule has 1 aliphatic heterocycles. The third kappa shape index (κ3) is 4.04. The smallest absolute Gasteiger partial charge is 0.422 e. The first kappa shape index (κ1) is 12.7. The molecular weight excluding hydrogens is 223 g/mol. The van der Waals surface area contributed by atoms with Gasteiger partial charge in [0, 0.05) is 18.3 Å². The predicted molar refractivity (Wildman–Crippen MR) is 51.9 cm³/mol. The Morgan fingerprint density at radius 1 is 1.62 bits per heavy atom. The molecule has 0 fully saturated rings. The van der Waals surface area contributed by atoms with Gasteiger partial charge >= 0.3 is 12.1 Å². The maximum absolute atomic E-state index is 11.8. The highest BCUT2D eigenvalue weighted by molar-refractivity contribution is 5.78. The number of nitrogens with zero attached hydrogens (tertiary/aromatic N) is 1. The minimum absolute atomic E-state index is 0.189. The highest BCUT2D eigenvalue weighted by Gasteiger charge is 2.32. The van der Waals surface area contributed by atoms with Crippen LogP contribution in [0.1, 0.15) is 13.3 Å². The molecular formula is C10H12F3NO2. The Bertz CT molecular complexity index is 310. The normalized spacial score (nSPS) is 21.9. The maximum Gasteiger partial charge on any atom is 0.422 e. The summed E-state index contributed by atoms with van der Waals surface area (Å²) in [6.45, 7) is 0.00439. The molecule has 3 nitrogen and oxygen atoms in total. The standard InChI is InChI=1S/C10H12F3NO2/c1-7(8-3-2-4-14-5-8)9(15)16-6-10(11,12)13/h2,4-5,7-8H,3,6H2,1H3. The number of carbonyl (C=O) groups excluding carboxylic acids is 1. The van der Waals surface area contributed by atoms with Crippen LogP contribution in [0.25, 0.3) is 0 Å². The molecule has 6 heteroatoms. The lowest BCUT2D eigenvalue weighted by molar-refractivity contribution is -0.189. The first-order chi connectivity index (χ1) is 7.40. The molecule has 1 aliphatic rings. The van der Waals surface area contributed by atoms with Gasteiger partial charge in [0.25, 0.3) is 0 Å². The van der Waals surface area contributed by atoms with Crippen molar-refractivity contribution in [2.45, 2.75) is 19.5 Å². The third-order valence-electron chi connectivity index (χ3n) is 2.27. The van der Waals surface area contributed by atoms with Crippen LogP contribution >= 0.6 is 0 Å². The molecule has 0 saturated heterocycles. The molecule has 1 rings (SSSR count). The van der Waals surface area contributed by atoms with Crippen molar-refractivity contribution in [1.29, 1.82) is 0 Å². The van der Waals surface area contributed by atoms with Gasteiger partial charge in [-0.05, 0) is 6.42 Å². The predicted octanol–water partition coefficient (Wildman–Crippen LogP) is 2.33. The zero-order valence-corrected chi connectivity index (χ0v) is 8.70. The molecule has 0 amide bonds. The van der Waals surface area contributed by atoms with E-state index in [-0.39, 0.29) is 5.92 Å². The highest BCUT2D eigenvalue weighted by Crippen LogP contribution is 2.21. The molecule has 1 heterocycles. The van der Waals surface area contributed by atoms with E-state index in [4.69, 9.17) is 0 Å². The van der Waals surface area contributed by atoms with E-state index in [9.17, 15) is 18.0 Å². The highest BCUT2D eigenvalue weighted by atomic mass is 19.4. The molecule has 90 valence electrons. The molecule has 0 aromatic heterocycles. The number of aliphatic imine (C=N–C) groups is 1. The van der Waals surface area contributed by atoms with Gasteiger partial charge in [0.15, 0.2) is 6.61 Å². The van der Waals surface area contributed by atoms with Gasteiger partial charge in [0.1, 0.15) is 0 Å². The van der Waals surface area contributed by atoms with E-state index in [1.165, 1.54) is 6.92 Å². The average Bonchev–Trinajstić information content (AvgIpc) is 2.25. The first-order valence-electron chi connectivity index (χ1n) is 4.82. The van der Waals surface area contributed by atoms with Gasteiger partial charge in [-0.3, -0.25) is 9.79 Å². The van der Waals surface area contributed by atoms with Crippen molar-refractivity contribution < 1.29 is 22.7 Å². The summed E-state index contributed by atoms with van der Waals surface area (Å²) in [6, 6.07) is 0. The zero-order chi connectivity index (χ0) is 12.2. The van der Waals surface area contributed by atoms with Crippen LogP contribution in [0.2, 0.25) is 0 Å². The fourth-order valence-corrected chi connectivity index (χ4v) is 1.29. The van der Waals surface area contributed by atoms with E-state index in [0.717, 1.165) is 0 Å². The van der Waals surface area contributed by atoms with Crippen molar-refractivity contribution in [1.82, 2.24) is 0 Å². The number of hydrogen-bond donors (Lipinski definition) is 0. The van der Waals surface area contributed by atoms with E-state index in [0.29, 0.717) is 6.42 Å². The second-order valence-corrected chi connectivity index (χ2v) is 3.59. The number of esters is 1. The SMILES string of the molecule is CC(C(=O)OCC(F)(F)F)C1C=NC=CC1. The minimum atomic E-state index is -4.48. The van der Waals surface area contributed by atoms with Crippen LogP contribution in [0.4, 0.5) is 13.2 Å². The van der Waals surface area contributed by atoms with Gasteiger partial charge in [-0.15, -0.1) is 0 Å². The molecule has 0 aliphatic carbocycles. The first-order valence-corrected chi connectivity index (χ1v) is 4.82. The van der Waals surface area contributed by atoms with Crippen LogP contribution in [0.5, 0.6) is 0 Å². The van der Waals surface area contributed by atoms with Crippen molar-refractivity contribution in [2.75, 3.05) is 6.61 Å². The van der Waals surface area contributed by atoms with Crippen LogP contribution in [-0.2, 0) is 9.53 Å². The molecule has 0 aromatic carbocycles. The van der Waals surface area contributed by atoms with Crippen LogP contribution in [-0.4, -0.2) is 25.0 Å². The van der Waals surface area contributed by atoms with Crippen molar-refractivity contribution in [3.63, 3.8) is 0 Å².